The highest BCUT2D eigenvalue weighted by molar-refractivity contribution is 7.80. The summed E-state index contributed by atoms with van der Waals surface area (Å²) in [7, 11) is 0. The summed E-state index contributed by atoms with van der Waals surface area (Å²) >= 11 is 4.64. The van der Waals surface area contributed by atoms with Crippen LogP contribution in [0.1, 0.15) is 24.5 Å². The number of nitrogens with one attached hydrogen (secondary N) is 1. The van der Waals surface area contributed by atoms with Crippen molar-refractivity contribution in [3.05, 3.63) is 29.3 Å². The van der Waals surface area contributed by atoms with Gasteiger partial charge in [0, 0.05) is 0 Å². The first-order valence-electron chi connectivity index (χ1n) is 5.45. The van der Waals surface area contributed by atoms with E-state index in [1.807, 2.05) is 25.1 Å². The number of ether oxygens (including phenoxy) is 1. The molecule has 0 saturated heterocycles. The zero-order valence-corrected chi connectivity index (χ0v) is 10.9. The molecule has 1 aromatic rings. The molecule has 17 heavy (non-hydrogen) atoms. The van der Waals surface area contributed by atoms with Crippen molar-refractivity contribution in [2.75, 3.05) is 6.61 Å². The molecule has 4 nitrogen and oxygen atoms in total. The van der Waals surface area contributed by atoms with Crippen LogP contribution in [0.5, 0.6) is 5.75 Å². The minimum atomic E-state index is 0.154. The Balaban J connectivity index is 2.68. The molecule has 0 amide bonds. The van der Waals surface area contributed by atoms with Crippen LogP contribution in [0.2, 0.25) is 0 Å². The van der Waals surface area contributed by atoms with E-state index in [0.717, 1.165) is 29.9 Å². The van der Waals surface area contributed by atoms with Crippen molar-refractivity contribution in [1.29, 1.82) is 0 Å². The maximum atomic E-state index is 5.58. The van der Waals surface area contributed by atoms with Crippen molar-refractivity contribution < 1.29 is 4.74 Å². The lowest BCUT2D eigenvalue weighted by Gasteiger charge is -2.08. The van der Waals surface area contributed by atoms with Gasteiger partial charge in [-0.25, -0.2) is 0 Å². The Morgan fingerprint density at radius 1 is 1.59 bits per heavy atom. The van der Waals surface area contributed by atoms with Gasteiger partial charge in [-0.3, -0.25) is 5.43 Å². The molecule has 0 aliphatic rings. The Morgan fingerprint density at radius 3 is 2.94 bits per heavy atom. The molecular formula is C12H17N3OS. The molecule has 3 N–H and O–H groups in total. The fourth-order valence-electron chi connectivity index (χ4n) is 1.30. The van der Waals surface area contributed by atoms with E-state index in [4.69, 9.17) is 10.5 Å². The van der Waals surface area contributed by atoms with Crippen LogP contribution < -0.4 is 15.9 Å². The van der Waals surface area contributed by atoms with Gasteiger partial charge in [-0.15, -0.1) is 0 Å². The van der Waals surface area contributed by atoms with Gasteiger partial charge in [-0.1, -0.05) is 6.92 Å². The summed E-state index contributed by atoms with van der Waals surface area (Å²) in [6.07, 6.45) is 2.66. The third kappa shape index (κ3) is 4.82. The summed E-state index contributed by atoms with van der Waals surface area (Å²) in [6, 6.07) is 5.87. The summed E-state index contributed by atoms with van der Waals surface area (Å²) in [5, 5.41) is 4.05. The van der Waals surface area contributed by atoms with Crippen molar-refractivity contribution in [3.8, 4) is 5.75 Å². The molecule has 0 radical (unpaired) electrons. The zero-order chi connectivity index (χ0) is 12.7. The van der Waals surface area contributed by atoms with Gasteiger partial charge in [0.15, 0.2) is 5.11 Å². The van der Waals surface area contributed by atoms with Crippen LogP contribution >= 0.6 is 12.2 Å². The summed E-state index contributed by atoms with van der Waals surface area (Å²) in [5.41, 5.74) is 9.81. The summed E-state index contributed by atoms with van der Waals surface area (Å²) in [5.74, 6) is 0.909. The fraction of sp³-hybridized carbons (Fsp3) is 0.333. The molecule has 0 aromatic heterocycles. The standard InChI is InChI=1S/C12H17N3OS/c1-3-6-16-11-5-4-10(7-9(11)2)8-14-15-12(13)17/h4-5,7-8H,3,6H2,1-2H3,(H3,13,15,17). The number of nitrogens with two attached hydrogens (primary N) is 1. The van der Waals surface area contributed by atoms with Crippen molar-refractivity contribution in [3.63, 3.8) is 0 Å². The number of benzene rings is 1. The molecule has 1 rings (SSSR count). The van der Waals surface area contributed by atoms with Crippen molar-refractivity contribution in [1.82, 2.24) is 5.43 Å². The Bertz CT molecular complexity index is 418. The maximum Gasteiger partial charge on any atom is 0.184 e. The van der Waals surface area contributed by atoms with Gasteiger partial charge in [-0.2, -0.15) is 5.10 Å². The first kappa shape index (κ1) is 13.4. The minimum absolute atomic E-state index is 0.154. The Labute approximate surface area is 107 Å². The van der Waals surface area contributed by atoms with Crippen LogP contribution in [0.15, 0.2) is 23.3 Å². The number of hydrogen-bond acceptors (Lipinski definition) is 3. The van der Waals surface area contributed by atoms with Gasteiger partial charge in [-0.05, 0) is 54.9 Å². The van der Waals surface area contributed by atoms with Crippen LogP contribution in [0.4, 0.5) is 0 Å². The average Bonchev–Trinajstić information content (AvgIpc) is 2.27. The fourth-order valence-corrected chi connectivity index (χ4v) is 1.35. The minimum Gasteiger partial charge on any atom is -0.493 e. The van der Waals surface area contributed by atoms with Crippen LogP contribution in [-0.2, 0) is 0 Å². The normalized spacial score (nSPS) is 10.5. The highest BCUT2D eigenvalue weighted by atomic mass is 32.1. The quantitative estimate of drug-likeness (QED) is 0.477. The number of hydrogen-bond donors (Lipinski definition) is 2. The van der Waals surface area contributed by atoms with Gasteiger partial charge in [0.25, 0.3) is 0 Å². The van der Waals surface area contributed by atoms with Crippen molar-refractivity contribution in [2.24, 2.45) is 10.8 Å². The highest BCUT2D eigenvalue weighted by Crippen LogP contribution is 2.18. The van der Waals surface area contributed by atoms with E-state index in [2.05, 4.69) is 29.7 Å². The molecule has 0 aliphatic carbocycles. The van der Waals surface area contributed by atoms with Gasteiger partial charge < -0.3 is 10.5 Å². The van der Waals surface area contributed by atoms with E-state index >= 15 is 0 Å². The van der Waals surface area contributed by atoms with Crippen LogP contribution in [0, 0.1) is 6.92 Å². The third-order valence-electron chi connectivity index (χ3n) is 2.05. The molecule has 0 unspecified atom stereocenters. The molecule has 0 bridgehead atoms. The first-order valence-corrected chi connectivity index (χ1v) is 5.86. The molecule has 0 spiro atoms. The van der Waals surface area contributed by atoms with Crippen molar-refractivity contribution in [2.45, 2.75) is 20.3 Å². The van der Waals surface area contributed by atoms with Crippen LogP contribution in [-0.4, -0.2) is 17.9 Å². The predicted octanol–water partition coefficient (Wildman–Crippen LogP) is 1.95. The van der Waals surface area contributed by atoms with Crippen LogP contribution in [0.25, 0.3) is 0 Å². The lowest BCUT2D eigenvalue weighted by atomic mass is 10.1. The molecule has 0 atom stereocenters. The summed E-state index contributed by atoms with van der Waals surface area (Å²) in [4.78, 5) is 0. The zero-order valence-electron chi connectivity index (χ0n) is 10.1. The lowest BCUT2D eigenvalue weighted by Crippen LogP contribution is -2.23. The first-order chi connectivity index (χ1) is 8.13. The van der Waals surface area contributed by atoms with Crippen LogP contribution in [0.3, 0.4) is 0 Å². The second-order valence-corrected chi connectivity index (χ2v) is 4.05. The predicted molar refractivity (Wildman–Crippen MR) is 74.5 cm³/mol. The molecule has 0 heterocycles. The number of nitrogens with zero attached hydrogens (tertiary/aromatic N) is 1. The average molecular weight is 251 g/mol. The smallest absolute Gasteiger partial charge is 0.184 e. The van der Waals surface area contributed by atoms with E-state index in [9.17, 15) is 0 Å². The molecular weight excluding hydrogens is 234 g/mol. The van der Waals surface area contributed by atoms with E-state index in [-0.39, 0.29) is 5.11 Å². The molecule has 0 saturated carbocycles. The molecule has 92 valence electrons. The Morgan fingerprint density at radius 2 is 2.35 bits per heavy atom. The van der Waals surface area contributed by atoms with E-state index in [0.29, 0.717) is 0 Å². The van der Waals surface area contributed by atoms with E-state index < -0.39 is 0 Å². The van der Waals surface area contributed by atoms with E-state index in [1.54, 1.807) is 6.21 Å². The van der Waals surface area contributed by atoms with Gasteiger partial charge in [0.05, 0.1) is 12.8 Å². The summed E-state index contributed by atoms with van der Waals surface area (Å²) < 4.78 is 5.58. The molecule has 5 heteroatoms. The molecule has 0 fully saturated rings. The SMILES string of the molecule is CCCOc1ccc(C=NNC(N)=S)cc1C. The third-order valence-corrected chi connectivity index (χ3v) is 2.14. The Hall–Kier alpha value is -1.62. The molecule has 1 aromatic carbocycles. The Kier molecular flexibility index (Phi) is 5.42. The second kappa shape index (κ2) is 6.85. The number of hydrazone groups is 1. The second-order valence-electron chi connectivity index (χ2n) is 3.61. The van der Waals surface area contributed by atoms with E-state index in [1.165, 1.54) is 0 Å². The largest absolute Gasteiger partial charge is 0.493 e. The van der Waals surface area contributed by atoms with Gasteiger partial charge in [0.1, 0.15) is 5.75 Å². The summed E-state index contributed by atoms with van der Waals surface area (Å²) in [6.45, 7) is 4.82. The van der Waals surface area contributed by atoms with Gasteiger partial charge in [0.2, 0.25) is 0 Å². The topological polar surface area (TPSA) is 59.6 Å². The number of rotatable bonds is 5. The number of aryl methyl sites for hydroxylation is 1. The lowest BCUT2D eigenvalue weighted by molar-refractivity contribution is 0.315. The monoisotopic (exact) mass is 251 g/mol. The van der Waals surface area contributed by atoms with Gasteiger partial charge >= 0.3 is 0 Å². The number of thiocarbonyl (C=S) groups is 1. The maximum absolute atomic E-state index is 5.58. The van der Waals surface area contributed by atoms with Crippen molar-refractivity contribution >= 4 is 23.5 Å². The highest BCUT2D eigenvalue weighted by Gasteiger charge is 1.99. The molecule has 0 aliphatic heterocycles.